The summed E-state index contributed by atoms with van der Waals surface area (Å²) in [6.07, 6.45) is 3.45. The van der Waals surface area contributed by atoms with E-state index in [-0.39, 0.29) is 29.3 Å². The van der Waals surface area contributed by atoms with E-state index in [1.807, 2.05) is 24.3 Å². The molecule has 0 fully saturated rings. The van der Waals surface area contributed by atoms with Crippen LogP contribution in [0.3, 0.4) is 0 Å². The van der Waals surface area contributed by atoms with E-state index in [1.165, 1.54) is 0 Å². The molecule has 0 saturated carbocycles. The van der Waals surface area contributed by atoms with Crippen LogP contribution in [0.15, 0.2) is 54.9 Å². The lowest BCUT2D eigenvalue weighted by molar-refractivity contribution is -0.683. The summed E-state index contributed by atoms with van der Waals surface area (Å²) < 4.78 is 1.72. The smallest absolute Gasteiger partial charge is 0.227 e. The molecule has 2 aromatic rings. The Balaban J connectivity index is 0.00000162. The second-order valence-electron chi connectivity index (χ2n) is 3.67. The van der Waals surface area contributed by atoms with E-state index in [4.69, 9.17) is 5.26 Å². The maximum atomic E-state index is 11.9. The van der Waals surface area contributed by atoms with Crippen LogP contribution in [0.5, 0.6) is 0 Å². The van der Waals surface area contributed by atoms with Crippen LogP contribution in [0.25, 0.3) is 0 Å². The Bertz CT molecular complexity index is 576. The largest absolute Gasteiger partial charge is 1.00 e. The number of hydrogen-bond acceptors (Lipinski definition) is 2. The number of carbonyl (C=O) groups is 1. The van der Waals surface area contributed by atoms with Crippen LogP contribution in [-0.4, -0.2) is 5.78 Å². The van der Waals surface area contributed by atoms with Gasteiger partial charge in [-0.05, 0) is 6.07 Å². The van der Waals surface area contributed by atoms with E-state index < -0.39 is 0 Å². The molecule has 0 aliphatic carbocycles. The molecule has 3 nitrogen and oxygen atoms in total. The van der Waals surface area contributed by atoms with Gasteiger partial charge in [-0.3, -0.25) is 4.79 Å². The SMILES string of the molecule is N#Cc1ccc[n+](CC(=O)c2ccccc2)c1.[Br-]. The van der Waals surface area contributed by atoms with Crippen molar-refractivity contribution in [2.24, 2.45) is 0 Å². The first kappa shape index (κ1) is 14.1. The molecule has 0 radical (unpaired) electrons. The number of nitrogens with zero attached hydrogens (tertiary/aromatic N) is 2. The number of halogens is 1. The van der Waals surface area contributed by atoms with Crippen LogP contribution in [-0.2, 0) is 6.54 Å². The van der Waals surface area contributed by atoms with Gasteiger partial charge in [0.05, 0.1) is 0 Å². The van der Waals surface area contributed by atoms with E-state index in [0.29, 0.717) is 11.1 Å². The number of carbonyl (C=O) groups excluding carboxylic acids is 1. The summed E-state index contributed by atoms with van der Waals surface area (Å²) in [6, 6.07) is 14.6. The zero-order valence-corrected chi connectivity index (χ0v) is 11.2. The highest BCUT2D eigenvalue weighted by molar-refractivity contribution is 5.94. The summed E-state index contributed by atoms with van der Waals surface area (Å²) >= 11 is 0. The second kappa shape index (κ2) is 6.67. The fourth-order valence-corrected chi connectivity index (χ4v) is 1.57. The van der Waals surface area contributed by atoms with E-state index >= 15 is 0 Å². The molecule has 0 spiro atoms. The van der Waals surface area contributed by atoms with Gasteiger partial charge in [0.1, 0.15) is 11.6 Å². The van der Waals surface area contributed by atoms with Crippen molar-refractivity contribution < 1.29 is 26.3 Å². The number of hydrogen-bond donors (Lipinski definition) is 0. The normalized spacial score (nSPS) is 9.06. The summed E-state index contributed by atoms with van der Waals surface area (Å²) in [5.74, 6) is 0.0330. The highest BCUT2D eigenvalue weighted by Crippen LogP contribution is 2.00. The van der Waals surface area contributed by atoms with Gasteiger partial charge >= 0.3 is 0 Å². The van der Waals surface area contributed by atoms with Gasteiger partial charge in [0, 0.05) is 11.6 Å². The third-order valence-electron chi connectivity index (χ3n) is 2.41. The number of nitriles is 1. The van der Waals surface area contributed by atoms with Crippen LogP contribution >= 0.6 is 0 Å². The van der Waals surface area contributed by atoms with Gasteiger partial charge in [-0.2, -0.15) is 9.83 Å². The number of aromatic nitrogens is 1. The Morgan fingerprint density at radius 1 is 1.17 bits per heavy atom. The predicted octanol–water partition coefficient (Wildman–Crippen LogP) is -1.27. The van der Waals surface area contributed by atoms with Gasteiger partial charge in [0.25, 0.3) is 0 Å². The van der Waals surface area contributed by atoms with Crippen molar-refractivity contribution in [2.45, 2.75) is 6.54 Å². The first-order chi connectivity index (χ1) is 8.29. The topological polar surface area (TPSA) is 44.7 Å². The van der Waals surface area contributed by atoms with Gasteiger partial charge in [0.15, 0.2) is 12.4 Å². The lowest BCUT2D eigenvalue weighted by Crippen LogP contribution is -3.00. The van der Waals surface area contributed by atoms with Gasteiger partial charge < -0.3 is 17.0 Å². The Kier molecular flexibility index (Phi) is 5.22. The molecule has 90 valence electrons. The van der Waals surface area contributed by atoms with Crippen molar-refractivity contribution in [2.75, 3.05) is 0 Å². The molecular weight excluding hydrogens is 292 g/mol. The number of rotatable bonds is 3. The second-order valence-corrected chi connectivity index (χ2v) is 3.67. The third-order valence-corrected chi connectivity index (χ3v) is 2.41. The van der Waals surface area contributed by atoms with Crippen molar-refractivity contribution in [3.8, 4) is 6.07 Å². The Hall–Kier alpha value is -1.99. The minimum absolute atomic E-state index is 0. The molecule has 0 atom stereocenters. The molecule has 0 aliphatic heterocycles. The minimum Gasteiger partial charge on any atom is -1.00 e. The van der Waals surface area contributed by atoms with Crippen LogP contribution < -0.4 is 21.5 Å². The molecule has 1 aromatic heterocycles. The molecular formula is C14H11BrN2O. The van der Waals surface area contributed by atoms with Crippen molar-refractivity contribution in [1.29, 1.82) is 5.26 Å². The Morgan fingerprint density at radius 2 is 1.89 bits per heavy atom. The summed E-state index contributed by atoms with van der Waals surface area (Å²) in [5.41, 5.74) is 1.23. The third kappa shape index (κ3) is 3.51. The summed E-state index contributed by atoms with van der Waals surface area (Å²) in [4.78, 5) is 11.9. The lowest BCUT2D eigenvalue weighted by atomic mass is 10.1. The molecule has 1 heterocycles. The van der Waals surface area contributed by atoms with E-state index in [0.717, 1.165) is 0 Å². The minimum atomic E-state index is 0. The van der Waals surface area contributed by atoms with Crippen molar-refractivity contribution >= 4 is 5.78 Å². The molecule has 2 rings (SSSR count). The Labute approximate surface area is 116 Å². The van der Waals surface area contributed by atoms with Crippen molar-refractivity contribution in [3.05, 3.63) is 66.0 Å². The van der Waals surface area contributed by atoms with Crippen LogP contribution in [0, 0.1) is 11.3 Å². The summed E-state index contributed by atoms with van der Waals surface area (Å²) in [5, 5.41) is 8.76. The molecule has 0 bridgehead atoms. The monoisotopic (exact) mass is 302 g/mol. The standard InChI is InChI=1S/C14H11N2O.BrH/c15-9-12-5-4-8-16(10-12)11-14(17)13-6-2-1-3-7-13;/h1-8,10H,11H2;1H/q+1;/p-1. The average molecular weight is 303 g/mol. The zero-order valence-electron chi connectivity index (χ0n) is 9.58. The highest BCUT2D eigenvalue weighted by atomic mass is 79.9. The fraction of sp³-hybridized carbons (Fsp3) is 0.0714. The molecule has 0 saturated heterocycles. The van der Waals surface area contributed by atoms with Gasteiger partial charge in [-0.15, -0.1) is 0 Å². The number of Topliss-reactive ketones (excluding diaryl/α,β-unsaturated/α-hetero) is 1. The molecule has 18 heavy (non-hydrogen) atoms. The molecule has 0 aliphatic rings. The zero-order chi connectivity index (χ0) is 12.1. The molecule has 0 amide bonds. The lowest BCUT2D eigenvalue weighted by Gasteiger charge is -1.97. The summed E-state index contributed by atoms with van der Waals surface area (Å²) in [7, 11) is 0. The maximum Gasteiger partial charge on any atom is 0.227 e. The van der Waals surface area contributed by atoms with E-state index in [9.17, 15) is 4.79 Å². The van der Waals surface area contributed by atoms with Crippen LogP contribution in [0.1, 0.15) is 15.9 Å². The fourth-order valence-electron chi connectivity index (χ4n) is 1.57. The number of pyridine rings is 1. The predicted molar refractivity (Wildman–Crippen MR) is 62.1 cm³/mol. The van der Waals surface area contributed by atoms with Crippen LogP contribution in [0.2, 0.25) is 0 Å². The summed E-state index contributed by atoms with van der Waals surface area (Å²) in [6.45, 7) is 0.250. The highest BCUT2D eigenvalue weighted by Gasteiger charge is 2.11. The molecule has 4 heteroatoms. The average Bonchev–Trinajstić information content (AvgIpc) is 2.40. The van der Waals surface area contributed by atoms with Gasteiger partial charge in [-0.25, -0.2) is 0 Å². The Morgan fingerprint density at radius 3 is 2.56 bits per heavy atom. The van der Waals surface area contributed by atoms with Crippen molar-refractivity contribution in [1.82, 2.24) is 0 Å². The van der Waals surface area contributed by atoms with E-state index in [1.54, 1.807) is 41.2 Å². The maximum absolute atomic E-state index is 11.9. The molecule has 0 N–H and O–H groups in total. The first-order valence-electron chi connectivity index (χ1n) is 5.27. The van der Waals surface area contributed by atoms with Crippen LogP contribution in [0.4, 0.5) is 0 Å². The quantitative estimate of drug-likeness (QED) is 0.524. The number of benzene rings is 1. The van der Waals surface area contributed by atoms with Crippen molar-refractivity contribution in [3.63, 3.8) is 0 Å². The molecule has 1 aromatic carbocycles. The number of ketones is 1. The van der Waals surface area contributed by atoms with Gasteiger partial charge in [-0.1, -0.05) is 30.3 Å². The molecule has 0 unspecified atom stereocenters. The van der Waals surface area contributed by atoms with Gasteiger partial charge in [0.2, 0.25) is 12.3 Å². The first-order valence-corrected chi connectivity index (χ1v) is 5.27. The van der Waals surface area contributed by atoms with E-state index in [2.05, 4.69) is 0 Å².